The van der Waals surface area contributed by atoms with E-state index in [9.17, 15) is 9.59 Å². The van der Waals surface area contributed by atoms with Gasteiger partial charge in [0.15, 0.2) is 0 Å². The van der Waals surface area contributed by atoms with Crippen molar-refractivity contribution in [3.05, 3.63) is 66.9 Å². The number of anilines is 6. The zero-order valence-corrected chi connectivity index (χ0v) is 20.5. The quantitative estimate of drug-likeness (QED) is 0.334. The third-order valence-corrected chi connectivity index (χ3v) is 5.70. The zero-order chi connectivity index (χ0) is 25.7. The molecule has 4 rings (SSSR count). The molecule has 1 fully saturated rings. The van der Waals surface area contributed by atoms with E-state index in [1.54, 1.807) is 31.2 Å². The van der Waals surface area contributed by atoms with Gasteiger partial charge in [-0.05, 0) is 43.3 Å². The number of methoxy groups -OCH3 is 1. The lowest BCUT2D eigenvalue weighted by Gasteiger charge is -2.39. The fourth-order valence-electron chi connectivity index (χ4n) is 3.70. The summed E-state index contributed by atoms with van der Waals surface area (Å²) in [5.74, 6) is 1.46. The van der Waals surface area contributed by atoms with Crippen LogP contribution in [0.3, 0.4) is 0 Å². The van der Waals surface area contributed by atoms with E-state index < -0.39 is 0 Å². The summed E-state index contributed by atoms with van der Waals surface area (Å²) in [5.41, 5.74) is 3.88. The molecule has 10 heteroatoms. The Bertz CT molecular complexity index is 1290. The van der Waals surface area contributed by atoms with Crippen molar-refractivity contribution in [3.63, 3.8) is 0 Å². The van der Waals surface area contributed by atoms with Crippen molar-refractivity contribution in [2.45, 2.75) is 19.9 Å². The third-order valence-electron chi connectivity index (χ3n) is 5.70. The van der Waals surface area contributed by atoms with E-state index in [1.165, 1.54) is 6.08 Å². The predicted octanol–water partition coefficient (Wildman–Crippen LogP) is 4.05. The van der Waals surface area contributed by atoms with Crippen LogP contribution < -0.4 is 26.0 Å². The van der Waals surface area contributed by atoms with Crippen molar-refractivity contribution in [2.24, 2.45) is 0 Å². The second-order valence-corrected chi connectivity index (χ2v) is 8.43. The predicted molar refractivity (Wildman–Crippen MR) is 141 cm³/mol. The van der Waals surface area contributed by atoms with Gasteiger partial charge >= 0.3 is 0 Å². The smallest absolute Gasteiger partial charge is 0.247 e. The van der Waals surface area contributed by atoms with Crippen LogP contribution >= 0.6 is 0 Å². The topological polar surface area (TPSA) is 121 Å². The van der Waals surface area contributed by atoms with Gasteiger partial charge in [-0.3, -0.25) is 9.59 Å². The Kier molecular flexibility index (Phi) is 7.33. The second-order valence-electron chi connectivity index (χ2n) is 8.43. The summed E-state index contributed by atoms with van der Waals surface area (Å²) in [6.45, 7) is 8.33. The maximum Gasteiger partial charge on any atom is 0.247 e. The number of carbonyl (C=O) groups is 2. The lowest BCUT2D eigenvalue weighted by atomic mass is 10.1. The molecule has 186 valence electrons. The van der Waals surface area contributed by atoms with Gasteiger partial charge in [0.1, 0.15) is 11.6 Å². The van der Waals surface area contributed by atoms with Gasteiger partial charge < -0.3 is 30.9 Å². The van der Waals surface area contributed by atoms with Crippen molar-refractivity contribution in [3.8, 4) is 5.75 Å². The van der Waals surface area contributed by atoms with Crippen LogP contribution in [0.5, 0.6) is 5.75 Å². The van der Waals surface area contributed by atoms with E-state index in [0.717, 1.165) is 16.9 Å². The van der Waals surface area contributed by atoms with Crippen molar-refractivity contribution in [1.82, 2.24) is 14.9 Å². The number of aryl methyl sites for hydroxylation is 1. The van der Waals surface area contributed by atoms with Crippen molar-refractivity contribution in [1.29, 1.82) is 0 Å². The van der Waals surface area contributed by atoms with Crippen LogP contribution in [0.2, 0.25) is 0 Å². The molecule has 10 nitrogen and oxygen atoms in total. The summed E-state index contributed by atoms with van der Waals surface area (Å²) in [6.07, 6.45) is 2.94. The number of aromatic nitrogens is 2. The van der Waals surface area contributed by atoms with Gasteiger partial charge in [0.2, 0.25) is 17.8 Å². The molecule has 0 spiro atoms. The first-order valence-electron chi connectivity index (χ1n) is 11.5. The lowest BCUT2D eigenvalue weighted by molar-refractivity contribution is -0.132. The van der Waals surface area contributed by atoms with Crippen LogP contribution in [0.25, 0.3) is 0 Å². The highest BCUT2D eigenvalue weighted by Crippen LogP contribution is 2.31. The molecule has 0 unspecified atom stereocenters. The Morgan fingerprint density at radius 2 is 1.89 bits per heavy atom. The molecule has 1 aromatic heterocycles. The number of rotatable bonds is 9. The maximum atomic E-state index is 11.6. The molecule has 1 saturated heterocycles. The number of likely N-dealkylation sites (tertiary alicyclic amines) is 1. The molecule has 0 bridgehead atoms. The Hall–Kier alpha value is -4.60. The summed E-state index contributed by atoms with van der Waals surface area (Å²) >= 11 is 0. The normalized spacial score (nSPS) is 12.8. The van der Waals surface area contributed by atoms with Crippen LogP contribution in [0.15, 0.2) is 61.3 Å². The number of amides is 2. The van der Waals surface area contributed by atoms with Crippen molar-refractivity contribution >= 4 is 46.3 Å². The van der Waals surface area contributed by atoms with Gasteiger partial charge in [-0.2, -0.15) is 4.98 Å². The van der Waals surface area contributed by atoms with Gasteiger partial charge in [-0.25, -0.2) is 4.98 Å². The molecule has 36 heavy (non-hydrogen) atoms. The monoisotopic (exact) mass is 487 g/mol. The van der Waals surface area contributed by atoms with E-state index >= 15 is 0 Å². The number of nitrogens with zero attached hydrogens (tertiary/aromatic N) is 3. The minimum atomic E-state index is -0.280. The third kappa shape index (κ3) is 5.90. The number of hydrogen-bond donors (Lipinski definition) is 4. The first-order chi connectivity index (χ1) is 17.3. The molecule has 2 amide bonds. The highest BCUT2D eigenvalue weighted by atomic mass is 16.5. The van der Waals surface area contributed by atoms with Crippen molar-refractivity contribution in [2.75, 3.05) is 41.5 Å². The molecule has 4 N–H and O–H groups in total. The van der Waals surface area contributed by atoms with Gasteiger partial charge in [-0.1, -0.05) is 12.6 Å². The van der Waals surface area contributed by atoms with Crippen LogP contribution in [0.4, 0.5) is 34.5 Å². The molecule has 1 aliphatic heterocycles. The number of carbonyl (C=O) groups excluding carboxylic acids is 2. The van der Waals surface area contributed by atoms with Crippen LogP contribution in [0, 0.1) is 6.92 Å². The van der Waals surface area contributed by atoms with E-state index in [4.69, 9.17) is 4.74 Å². The van der Waals surface area contributed by atoms with E-state index in [-0.39, 0.29) is 17.9 Å². The largest absolute Gasteiger partial charge is 0.494 e. The molecular weight excluding hydrogens is 458 g/mol. The lowest BCUT2D eigenvalue weighted by Crippen LogP contribution is -2.56. The van der Waals surface area contributed by atoms with Crippen molar-refractivity contribution < 1.29 is 14.3 Å². The highest BCUT2D eigenvalue weighted by molar-refractivity contribution is 5.99. The molecule has 2 aromatic carbocycles. The number of nitrogens with one attached hydrogen (secondary N) is 4. The van der Waals surface area contributed by atoms with Crippen LogP contribution in [-0.4, -0.2) is 52.9 Å². The minimum Gasteiger partial charge on any atom is -0.494 e. The van der Waals surface area contributed by atoms with Gasteiger partial charge in [-0.15, -0.1) is 0 Å². The zero-order valence-electron chi connectivity index (χ0n) is 20.5. The molecule has 0 radical (unpaired) electrons. The van der Waals surface area contributed by atoms with Crippen LogP contribution in [-0.2, 0) is 9.59 Å². The molecule has 2 heterocycles. The Morgan fingerprint density at radius 1 is 1.11 bits per heavy atom. The summed E-state index contributed by atoms with van der Waals surface area (Å²) in [7, 11) is 1.60. The fraction of sp³-hybridized carbons (Fsp3) is 0.231. The second kappa shape index (κ2) is 10.8. The van der Waals surface area contributed by atoms with E-state index in [2.05, 4.69) is 37.8 Å². The summed E-state index contributed by atoms with van der Waals surface area (Å²) in [6, 6.07) is 13.3. The molecular formula is C26H29N7O3. The Morgan fingerprint density at radius 3 is 2.61 bits per heavy atom. The van der Waals surface area contributed by atoms with Gasteiger partial charge in [0, 0.05) is 54.9 Å². The first kappa shape index (κ1) is 24.5. The molecule has 1 aliphatic rings. The minimum absolute atomic E-state index is 0.0873. The number of benzene rings is 2. The molecule has 0 saturated carbocycles. The average Bonchev–Trinajstić information content (AvgIpc) is 2.83. The molecule has 0 aliphatic carbocycles. The number of hydrogen-bond acceptors (Lipinski definition) is 8. The summed E-state index contributed by atoms with van der Waals surface area (Å²) in [5, 5.41) is 12.7. The Labute approximate surface area is 209 Å². The maximum absolute atomic E-state index is 11.6. The van der Waals surface area contributed by atoms with E-state index in [1.807, 2.05) is 43.3 Å². The Balaban J connectivity index is 1.46. The molecule has 3 aromatic rings. The van der Waals surface area contributed by atoms with E-state index in [0.29, 0.717) is 42.0 Å². The van der Waals surface area contributed by atoms with Gasteiger partial charge in [0.25, 0.3) is 0 Å². The fourth-order valence-corrected chi connectivity index (χ4v) is 3.70. The first-order valence-corrected chi connectivity index (χ1v) is 11.5. The van der Waals surface area contributed by atoms with Gasteiger partial charge in [0.05, 0.1) is 18.8 Å². The highest BCUT2D eigenvalue weighted by Gasteiger charge is 2.28. The SMILES string of the molecule is C=CC(=O)Nc1cccc(Nc2nc(Nc3ccc(NC4CN(C(C)=O)C4)cc3OC)ncc2C)c1. The standard InChI is InChI=1S/C26H29N7O3/c1-5-24(35)29-18-7-6-8-19(11-18)30-25-16(2)13-27-26(32-25)31-22-10-9-20(12-23(22)36-4)28-21-14-33(15-21)17(3)34/h5-13,21,28H,1,14-15H2,2-4H3,(H,29,35)(H2,27,30,31,32). The summed E-state index contributed by atoms with van der Waals surface area (Å²) < 4.78 is 5.57. The van der Waals surface area contributed by atoms with Crippen LogP contribution in [0.1, 0.15) is 12.5 Å². The number of ether oxygens (including phenoxy) is 1. The summed E-state index contributed by atoms with van der Waals surface area (Å²) in [4.78, 5) is 33.8. The molecule has 0 atom stereocenters. The average molecular weight is 488 g/mol.